The first-order valence-corrected chi connectivity index (χ1v) is 6.21. The molecule has 2 rings (SSSR count). The largest absolute Gasteiger partial charge is 0.490 e. The molecule has 18 heavy (non-hydrogen) atoms. The molecule has 0 aliphatic heterocycles. The molecule has 5 heteroatoms. The van der Waals surface area contributed by atoms with Crippen LogP contribution in [0, 0.1) is 16.0 Å². The normalized spacial score (nSPS) is 17.7. The summed E-state index contributed by atoms with van der Waals surface area (Å²) in [6.45, 7) is 0. The molecular weight excluding hydrogens is 232 g/mol. The van der Waals surface area contributed by atoms with Gasteiger partial charge in [-0.2, -0.15) is 0 Å². The fourth-order valence-corrected chi connectivity index (χ4v) is 2.65. The summed E-state index contributed by atoms with van der Waals surface area (Å²) >= 11 is 0. The standard InChI is InChI=1S/C13H18N2O3/c1-18-12-7-6-10(8-11(12)15(16)17)13(14)9-4-2-3-5-9/h6-9,13H,2-5,14H2,1H3/t13-/m1/s1. The van der Waals surface area contributed by atoms with Crippen LogP contribution < -0.4 is 10.5 Å². The summed E-state index contributed by atoms with van der Waals surface area (Å²) in [4.78, 5) is 10.5. The first-order chi connectivity index (χ1) is 8.63. The molecule has 1 saturated carbocycles. The van der Waals surface area contributed by atoms with Gasteiger partial charge in [-0.05, 0) is 30.4 Å². The van der Waals surface area contributed by atoms with Gasteiger partial charge in [0, 0.05) is 12.1 Å². The summed E-state index contributed by atoms with van der Waals surface area (Å²) in [6, 6.07) is 4.89. The number of nitro groups is 1. The van der Waals surface area contributed by atoms with E-state index in [4.69, 9.17) is 10.5 Å². The van der Waals surface area contributed by atoms with Gasteiger partial charge in [-0.1, -0.05) is 18.9 Å². The molecule has 0 radical (unpaired) electrons. The van der Waals surface area contributed by atoms with Gasteiger partial charge in [0.1, 0.15) is 0 Å². The number of benzene rings is 1. The van der Waals surface area contributed by atoms with Crippen LogP contribution in [0.25, 0.3) is 0 Å². The average Bonchev–Trinajstić information content (AvgIpc) is 2.90. The Bertz CT molecular complexity index is 442. The minimum Gasteiger partial charge on any atom is -0.490 e. The molecule has 98 valence electrons. The molecule has 0 unspecified atom stereocenters. The lowest BCUT2D eigenvalue weighted by Crippen LogP contribution is -2.19. The summed E-state index contributed by atoms with van der Waals surface area (Å²) in [6.07, 6.45) is 4.63. The van der Waals surface area contributed by atoms with E-state index in [9.17, 15) is 10.1 Å². The molecule has 0 saturated heterocycles. The van der Waals surface area contributed by atoms with Gasteiger partial charge in [-0.15, -0.1) is 0 Å². The van der Waals surface area contributed by atoms with Gasteiger partial charge in [0.2, 0.25) is 0 Å². The van der Waals surface area contributed by atoms with Crippen molar-refractivity contribution >= 4 is 5.69 Å². The summed E-state index contributed by atoms with van der Waals surface area (Å²) in [5.41, 5.74) is 7.01. The summed E-state index contributed by atoms with van der Waals surface area (Å²) < 4.78 is 4.98. The highest BCUT2D eigenvalue weighted by molar-refractivity contribution is 5.49. The van der Waals surface area contributed by atoms with Crippen LogP contribution in [0.15, 0.2) is 18.2 Å². The molecule has 1 aromatic rings. The minimum absolute atomic E-state index is 0.0107. The van der Waals surface area contributed by atoms with Crippen LogP contribution in [0.4, 0.5) is 5.69 Å². The Morgan fingerprint density at radius 3 is 2.67 bits per heavy atom. The second-order valence-electron chi connectivity index (χ2n) is 4.76. The molecule has 0 bridgehead atoms. The number of rotatable bonds is 4. The quantitative estimate of drug-likeness (QED) is 0.658. The van der Waals surface area contributed by atoms with Crippen LogP contribution in [0.2, 0.25) is 0 Å². The zero-order valence-corrected chi connectivity index (χ0v) is 10.5. The maximum absolute atomic E-state index is 11.0. The van der Waals surface area contributed by atoms with E-state index < -0.39 is 4.92 Å². The molecule has 0 aromatic heterocycles. The Morgan fingerprint density at radius 1 is 1.44 bits per heavy atom. The fourth-order valence-electron chi connectivity index (χ4n) is 2.65. The Kier molecular flexibility index (Phi) is 3.81. The molecule has 1 fully saturated rings. The van der Waals surface area contributed by atoms with Crippen LogP contribution in [0.5, 0.6) is 5.75 Å². The van der Waals surface area contributed by atoms with Crippen molar-refractivity contribution in [3.63, 3.8) is 0 Å². The number of methoxy groups -OCH3 is 1. The number of nitro benzene ring substituents is 1. The van der Waals surface area contributed by atoms with E-state index in [1.165, 1.54) is 20.0 Å². The van der Waals surface area contributed by atoms with Crippen LogP contribution in [-0.4, -0.2) is 12.0 Å². The van der Waals surface area contributed by atoms with Gasteiger partial charge in [-0.25, -0.2) is 0 Å². The van der Waals surface area contributed by atoms with E-state index in [2.05, 4.69) is 0 Å². The van der Waals surface area contributed by atoms with E-state index in [1.807, 2.05) is 6.07 Å². The molecule has 1 atom stereocenters. The number of nitrogens with two attached hydrogens (primary N) is 1. The van der Waals surface area contributed by atoms with E-state index in [1.54, 1.807) is 12.1 Å². The Labute approximate surface area is 106 Å². The molecule has 0 heterocycles. The van der Waals surface area contributed by atoms with Crippen LogP contribution in [0.3, 0.4) is 0 Å². The smallest absolute Gasteiger partial charge is 0.311 e. The predicted octanol–water partition coefficient (Wildman–Crippen LogP) is 2.79. The lowest BCUT2D eigenvalue weighted by molar-refractivity contribution is -0.385. The first-order valence-electron chi connectivity index (χ1n) is 6.21. The van der Waals surface area contributed by atoms with E-state index in [0.29, 0.717) is 5.92 Å². The molecule has 0 amide bonds. The highest BCUT2D eigenvalue weighted by Gasteiger charge is 2.25. The van der Waals surface area contributed by atoms with Gasteiger partial charge in [0.25, 0.3) is 0 Å². The van der Waals surface area contributed by atoms with Crippen molar-refractivity contribution in [3.8, 4) is 5.75 Å². The van der Waals surface area contributed by atoms with Crippen molar-refractivity contribution in [3.05, 3.63) is 33.9 Å². The van der Waals surface area contributed by atoms with Gasteiger partial charge in [0.05, 0.1) is 12.0 Å². The van der Waals surface area contributed by atoms with E-state index in [-0.39, 0.29) is 17.5 Å². The van der Waals surface area contributed by atoms with Crippen LogP contribution in [-0.2, 0) is 0 Å². The fraction of sp³-hybridized carbons (Fsp3) is 0.538. The van der Waals surface area contributed by atoms with Crippen molar-refractivity contribution in [1.82, 2.24) is 0 Å². The van der Waals surface area contributed by atoms with Crippen molar-refractivity contribution in [2.45, 2.75) is 31.7 Å². The molecule has 1 aliphatic carbocycles. The summed E-state index contributed by atoms with van der Waals surface area (Å²) in [5, 5.41) is 11.0. The summed E-state index contributed by atoms with van der Waals surface area (Å²) in [7, 11) is 1.43. The molecule has 5 nitrogen and oxygen atoms in total. The maximum Gasteiger partial charge on any atom is 0.311 e. The van der Waals surface area contributed by atoms with Crippen LogP contribution in [0.1, 0.15) is 37.3 Å². The topological polar surface area (TPSA) is 78.4 Å². The molecule has 1 aliphatic rings. The average molecular weight is 250 g/mol. The summed E-state index contributed by atoms with van der Waals surface area (Å²) in [5.74, 6) is 0.723. The Balaban J connectivity index is 2.28. The third kappa shape index (κ3) is 2.46. The van der Waals surface area contributed by atoms with E-state index >= 15 is 0 Å². The number of hydrogen-bond donors (Lipinski definition) is 1. The third-order valence-corrected chi connectivity index (χ3v) is 3.69. The first kappa shape index (κ1) is 12.8. The van der Waals surface area contributed by atoms with Crippen molar-refractivity contribution in [1.29, 1.82) is 0 Å². The van der Waals surface area contributed by atoms with Crippen molar-refractivity contribution in [2.75, 3.05) is 7.11 Å². The zero-order valence-electron chi connectivity index (χ0n) is 10.5. The lowest BCUT2D eigenvalue weighted by Gasteiger charge is -2.19. The lowest BCUT2D eigenvalue weighted by atomic mass is 9.92. The monoisotopic (exact) mass is 250 g/mol. The predicted molar refractivity (Wildman–Crippen MR) is 68.5 cm³/mol. The van der Waals surface area contributed by atoms with Gasteiger partial charge >= 0.3 is 5.69 Å². The molecular formula is C13H18N2O3. The Morgan fingerprint density at radius 2 is 2.11 bits per heavy atom. The Hall–Kier alpha value is -1.62. The van der Waals surface area contributed by atoms with E-state index in [0.717, 1.165) is 18.4 Å². The zero-order chi connectivity index (χ0) is 13.1. The van der Waals surface area contributed by atoms with Gasteiger partial charge in [0.15, 0.2) is 5.75 Å². The van der Waals surface area contributed by atoms with Crippen molar-refractivity contribution < 1.29 is 9.66 Å². The van der Waals surface area contributed by atoms with Crippen LogP contribution >= 0.6 is 0 Å². The highest BCUT2D eigenvalue weighted by Crippen LogP contribution is 2.37. The third-order valence-electron chi connectivity index (χ3n) is 3.69. The molecule has 1 aromatic carbocycles. The second kappa shape index (κ2) is 5.35. The molecule has 2 N–H and O–H groups in total. The highest BCUT2D eigenvalue weighted by atomic mass is 16.6. The van der Waals surface area contributed by atoms with Crippen molar-refractivity contribution in [2.24, 2.45) is 11.7 Å². The van der Waals surface area contributed by atoms with Gasteiger partial charge in [-0.3, -0.25) is 10.1 Å². The maximum atomic E-state index is 11.0. The van der Waals surface area contributed by atoms with Gasteiger partial charge < -0.3 is 10.5 Å². The number of ether oxygens (including phenoxy) is 1. The molecule has 0 spiro atoms. The number of hydrogen-bond acceptors (Lipinski definition) is 4. The number of nitrogens with zero attached hydrogens (tertiary/aromatic N) is 1. The minimum atomic E-state index is -0.427. The SMILES string of the molecule is COc1ccc([C@H](N)C2CCCC2)cc1[N+](=O)[O-]. The second-order valence-corrected chi connectivity index (χ2v) is 4.76.